The van der Waals surface area contributed by atoms with Crippen molar-refractivity contribution >= 4 is 5.69 Å². The van der Waals surface area contributed by atoms with Crippen molar-refractivity contribution in [1.82, 2.24) is 9.55 Å². The summed E-state index contributed by atoms with van der Waals surface area (Å²) in [5, 5.41) is 0. The second-order valence-electron chi connectivity index (χ2n) is 3.61. The second-order valence-corrected chi connectivity index (χ2v) is 3.61. The number of hydrogen-bond donors (Lipinski definition) is 1. The number of nitrogen functional groups attached to an aromatic ring is 1. The molecule has 0 aliphatic rings. The number of aromatic nitrogens is 2. The summed E-state index contributed by atoms with van der Waals surface area (Å²) >= 11 is 0. The lowest BCUT2D eigenvalue weighted by Crippen LogP contribution is -2.21. The number of rotatable bonds is 3. The van der Waals surface area contributed by atoms with Crippen LogP contribution >= 0.6 is 0 Å². The first kappa shape index (κ1) is 11.2. The first-order valence-electron chi connectivity index (χ1n) is 5.14. The molecule has 2 rings (SSSR count). The van der Waals surface area contributed by atoms with E-state index in [0.29, 0.717) is 18.0 Å². The molecule has 0 aliphatic heterocycles. The van der Waals surface area contributed by atoms with E-state index in [2.05, 4.69) is 4.98 Å². The minimum absolute atomic E-state index is 0.276. The van der Waals surface area contributed by atoms with Crippen LogP contribution in [-0.4, -0.2) is 16.7 Å². The smallest absolute Gasteiger partial charge is 0.347 e. The van der Waals surface area contributed by atoms with Gasteiger partial charge in [-0.05, 0) is 23.8 Å². The average molecular weight is 231 g/mol. The van der Waals surface area contributed by atoms with Gasteiger partial charge in [-0.3, -0.25) is 4.57 Å². The molecule has 1 heterocycles. The van der Waals surface area contributed by atoms with Crippen molar-refractivity contribution in [3.8, 4) is 5.75 Å². The van der Waals surface area contributed by atoms with Crippen LogP contribution in [0.1, 0.15) is 5.56 Å². The van der Waals surface area contributed by atoms with Crippen molar-refractivity contribution in [3.63, 3.8) is 0 Å². The molecule has 0 saturated heterocycles. The number of methoxy groups -OCH3 is 1. The number of ether oxygens (including phenoxy) is 1. The van der Waals surface area contributed by atoms with Gasteiger partial charge in [-0.1, -0.05) is 6.07 Å². The van der Waals surface area contributed by atoms with Crippen LogP contribution in [0.3, 0.4) is 0 Å². The normalized spacial score (nSPS) is 10.2. The number of benzene rings is 1. The zero-order chi connectivity index (χ0) is 12.3. The highest BCUT2D eigenvalue weighted by Crippen LogP contribution is 2.21. The number of nitrogens with zero attached hydrogens (tertiary/aromatic N) is 2. The van der Waals surface area contributed by atoms with Gasteiger partial charge in [-0.15, -0.1) is 0 Å². The van der Waals surface area contributed by atoms with Crippen molar-refractivity contribution in [2.45, 2.75) is 6.54 Å². The van der Waals surface area contributed by atoms with Crippen LogP contribution in [0, 0.1) is 0 Å². The van der Waals surface area contributed by atoms with Crippen LogP contribution in [0.25, 0.3) is 0 Å². The average Bonchev–Trinajstić information content (AvgIpc) is 2.32. The summed E-state index contributed by atoms with van der Waals surface area (Å²) in [6, 6.07) is 7.16. The standard InChI is InChI=1S/C12H13N3O2/c1-17-11-4-3-9(7-10(11)13)8-15-6-2-5-14-12(15)16/h2-7H,8,13H2,1H3. The maximum Gasteiger partial charge on any atom is 0.347 e. The van der Waals surface area contributed by atoms with Crippen LogP contribution in [0.4, 0.5) is 5.69 Å². The number of nitrogens with two attached hydrogens (primary N) is 1. The van der Waals surface area contributed by atoms with E-state index >= 15 is 0 Å². The zero-order valence-corrected chi connectivity index (χ0v) is 9.46. The molecular weight excluding hydrogens is 218 g/mol. The molecule has 0 spiro atoms. The maximum atomic E-state index is 11.4. The summed E-state index contributed by atoms with van der Waals surface area (Å²) in [5.41, 5.74) is 7.01. The van der Waals surface area contributed by atoms with Crippen LogP contribution in [-0.2, 0) is 6.54 Å². The van der Waals surface area contributed by atoms with Crippen molar-refractivity contribution in [3.05, 3.63) is 52.7 Å². The van der Waals surface area contributed by atoms with Gasteiger partial charge in [0.2, 0.25) is 0 Å². The molecule has 0 atom stereocenters. The summed E-state index contributed by atoms with van der Waals surface area (Å²) in [6.45, 7) is 0.445. The summed E-state index contributed by atoms with van der Waals surface area (Å²) in [7, 11) is 1.57. The fourth-order valence-electron chi connectivity index (χ4n) is 1.59. The van der Waals surface area contributed by atoms with Gasteiger partial charge in [0, 0.05) is 12.4 Å². The zero-order valence-electron chi connectivity index (χ0n) is 9.46. The summed E-state index contributed by atoms with van der Waals surface area (Å²) in [4.78, 5) is 15.1. The molecule has 0 fully saturated rings. The highest BCUT2D eigenvalue weighted by molar-refractivity contribution is 5.54. The lowest BCUT2D eigenvalue weighted by atomic mass is 10.2. The Morgan fingerprint density at radius 2 is 2.29 bits per heavy atom. The van der Waals surface area contributed by atoms with Gasteiger partial charge in [0.05, 0.1) is 19.3 Å². The molecule has 0 amide bonds. The first-order valence-corrected chi connectivity index (χ1v) is 5.14. The molecule has 5 nitrogen and oxygen atoms in total. The van der Waals surface area contributed by atoms with Gasteiger partial charge in [0.15, 0.2) is 0 Å². The van der Waals surface area contributed by atoms with Gasteiger partial charge in [-0.2, -0.15) is 0 Å². The Morgan fingerprint density at radius 3 is 2.94 bits per heavy atom. The Hall–Kier alpha value is -2.30. The third-order valence-electron chi connectivity index (χ3n) is 2.43. The molecule has 17 heavy (non-hydrogen) atoms. The second kappa shape index (κ2) is 4.69. The highest BCUT2D eigenvalue weighted by atomic mass is 16.5. The molecule has 0 saturated carbocycles. The molecule has 88 valence electrons. The monoisotopic (exact) mass is 231 g/mol. The van der Waals surface area contributed by atoms with Gasteiger partial charge in [-0.25, -0.2) is 9.78 Å². The minimum atomic E-state index is -0.276. The Balaban J connectivity index is 2.28. The first-order chi connectivity index (χ1) is 8.20. The van der Waals surface area contributed by atoms with E-state index in [1.165, 1.54) is 10.8 Å². The topological polar surface area (TPSA) is 70.1 Å². The SMILES string of the molecule is COc1ccc(Cn2cccnc2=O)cc1N. The fraction of sp³-hybridized carbons (Fsp3) is 0.167. The summed E-state index contributed by atoms with van der Waals surface area (Å²) < 4.78 is 6.58. The van der Waals surface area contributed by atoms with Gasteiger partial charge < -0.3 is 10.5 Å². The summed E-state index contributed by atoms with van der Waals surface area (Å²) in [5.74, 6) is 0.632. The van der Waals surface area contributed by atoms with E-state index in [4.69, 9.17) is 10.5 Å². The fourth-order valence-corrected chi connectivity index (χ4v) is 1.59. The van der Waals surface area contributed by atoms with Crippen LogP contribution in [0.2, 0.25) is 0 Å². The lowest BCUT2D eigenvalue weighted by molar-refractivity contribution is 0.417. The molecule has 2 N–H and O–H groups in total. The van der Waals surface area contributed by atoms with Gasteiger partial charge >= 0.3 is 5.69 Å². The molecule has 0 bridgehead atoms. The van der Waals surface area contributed by atoms with Crippen molar-refractivity contribution in [2.24, 2.45) is 0 Å². The van der Waals surface area contributed by atoms with Crippen LogP contribution in [0.15, 0.2) is 41.5 Å². The largest absolute Gasteiger partial charge is 0.495 e. The Morgan fingerprint density at radius 1 is 1.47 bits per heavy atom. The predicted octanol–water partition coefficient (Wildman–Crippen LogP) is 0.882. The van der Waals surface area contributed by atoms with Crippen molar-refractivity contribution in [1.29, 1.82) is 0 Å². The maximum absolute atomic E-state index is 11.4. The molecule has 5 heteroatoms. The Kier molecular flexibility index (Phi) is 3.09. The quantitative estimate of drug-likeness (QED) is 0.796. The number of anilines is 1. The van der Waals surface area contributed by atoms with Crippen molar-refractivity contribution in [2.75, 3.05) is 12.8 Å². The Bertz CT molecular complexity index is 578. The molecule has 0 radical (unpaired) electrons. The lowest BCUT2D eigenvalue weighted by Gasteiger charge is -2.08. The van der Waals surface area contributed by atoms with Crippen LogP contribution < -0.4 is 16.2 Å². The third-order valence-corrected chi connectivity index (χ3v) is 2.43. The summed E-state index contributed by atoms with van der Waals surface area (Å²) in [6.07, 6.45) is 3.16. The van der Waals surface area contributed by atoms with Crippen molar-refractivity contribution < 1.29 is 4.74 Å². The molecule has 2 aromatic rings. The van der Waals surface area contributed by atoms with E-state index in [1.807, 2.05) is 6.07 Å². The van der Waals surface area contributed by atoms with Gasteiger partial charge in [0.25, 0.3) is 0 Å². The molecule has 1 aromatic heterocycles. The van der Waals surface area contributed by atoms with E-state index in [9.17, 15) is 4.79 Å². The van der Waals surface area contributed by atoms with E-state index < -0.39 is 0 Å². The Labute approximate surface area is 98.5 Å². The molecule has 1 aromatic carbocycles. The molecule has 0 unspecified atom stereocenters. The van der Waals surface area contributed by atoms with E-state index in [0.717, 1.165) is 5.56 Å². The third kappa shape index (κ3) is 2.44. The molecule has 0 aliphatic carbocycles. The van der Waals surface area contributed by atoms with Gasteiger partial charge in [0.1, 0.15) is 5.75 Å². The van der Waals surface area contributed by atoms with Crippen LogP contribution in [0.5, 0.6) is 5.75 Å². The highest BCUT2D eigenvalue weighted by Gasteiger charge is 2.02. The van der Waals surface area contributed by atoms with E-state index in [-0.39, 0.29) is 5.69 Å². The number of hydrogen-bond acceptors (Lipinski definition) is 4. The predicted molar refractivity (Wildman–Crippen MR) is 65.0 cm³/mol. The molecular formula is C12H13N3O2. The van der Waals surface area contributed by atoms with E-state index in [1.54, 1.807) is 31.5 Å². The minimum Gasteiger partial charge on any atom is -0.495 e.